The Morgan fingerprint density at radius 2 is 1.44 bits per heavy atom. The summed E-state index contributed by atoms with van der Waals surface area (Å²) in [5, 5.41) is 3.17. The summed E-state index contributed by atoms with van der Waals surface area (Å²) < 4.78 is 0. The Morgan fingerprint density at radius 3 is 1.96 bits per heavy atom. The fourth-order valence-electron chi connectivity index (χ4n) is 7.55. The lowest BCUT2D eigenvalue weighted by molar-refractivity contribution is -0.140. The van der Waals surface area contributed by atoms with E-state index in [1.165, 1.54) is 43.4 Å². The van der Waals surface area contributed by atoms with Crippen molar-refractivity contribution < 1.29 is 14.4 Å². The van der Waals surface area contributed by atoms with Gasteiger partial charge in [-0.3, -0.25) is 19.3 Å². The lowest BCUT2D eigenvalue weighted by Crippen LogP contribution is -2.51. The molecule has 0 aromatic carbocycles. The SMILES string of the molecule is O=C(CCN1C(=O)C2CCCCC2C1=O)NCC12CC3CC(CC(C3)C1)C2. The summed E-state index contributed by atoms with van der Waals surface area (Å²) in [4.78, 5) is 38.9. The molecule has 1 aliphatic heterocycles. The summed E-state index contributed by atoms with van der Waals surface area (Å²) in [6.07, 6.45) is 12.1. The highest BCUT2D eigenvalue weighted by atomic mass is 16.2. The largest absolute Gasteiger partial charge is 0.355 e. The van der Waals surface area contributed by atoms with Gasteiger partial charge >= 0.3 is 0 Å². The van der Waals surface area contributed by atoms with E-state index < -0.39 is 0 Å². The number of fused-ring (bicyclic) bond motifs is 1. The van der Waals surface area contributed by atoms with Gasteiger partial charge in [-0.15, -0.1) is 0 Å². The van der Waals surface area contributed by atoms with Crippen LogP contribution in [0.2, 0.25) is 0 Å². The van der Waals surface area contributed by atoms with E-state index in [9.17, 15) is 14.4 Å². The Hall–Kier alpha value is -1.39. The molecule has 2 unspecified atom stereocenters. The Labute approximate surface area is 161 Å². The van der Waals surface area contributed by atoms with Crippen molar-refractivity contribution in [3.05, 3.63) is 0 Å². The molecule has 0 aromatic rings. The highest BCUT2D eigenvalue weighted by Crippen LogP contribution is 2.59. The van der Waals surface area contributed by atoms with E-state index >= 15 is 0 Å². The van der Waals surface area contributed by atoms with Crippen molar-refractivity contribution in [2.24, 2.45) is 35.0 Å². The maximum atomic E-state index is 12.5. The Morgan fingerprint density at radius 1 is 0.926 bits per heavy atom. The molecule has 5 nitrogen and oxygen atoms in total. The predicted octanol–water partition coefficient (Wildman–Crippen LogP) is 2.88. The van der Waals surface area contributed by atoms with Crippen LogP contribution in [0.15, 0.2) is 0 Å². The maximum Gasteiger partial charge on any atom is 0.233 e. The molecule has 0 radical (unpaired) electrons. The van der Waals surface area contributed by atoms with Gasteiger partial charge in [0.15, 0.2) is 0 Å². The summed E-state index contributed by atoms with van der Waals surface area (Å²) in [5.41, 5.74) is 0.332. The third-order valence-corrected chi connectivity index (χ3v) is 8.32. The Kier molecular flexibility index (Phi) is 4.32. The van der Waals surface area contributed by atoms with E-state index in [1.54, 1.807) is 0 Å². The van der Waals surface area contributed by atoms with Crippen molar-refractivity contribution in [3.8, 4) is 0 Å². The number of nitrogens with zero attached hydrogens (tertiary/aromatic N) is 1. The lowest BCUT2D eigenvalue weighted by atomic mass is 9.49. The molecule has 2 atom stereocenters. The number of carbonyl (C=O) groups excluding carboxylic acids is 3. The number of imide groups is 1. The van der Waals surface area contributed by atoms with E-state index in [2.05, 4.69) is 5.32 Å². The van der Waals surface area contributed by atoms with Gasteiger partial charge in [0.1, 0.15) is 0 Å². The lowest BCUT2D eigenvalue weighted by Gasteiger charge is -2.56. The van der Waals surface area contributed by atoms with Crippen LogP contribution in [-0.4, -0.2) is 35.7 Å². The topological polar surface area (TPSA) is 66.5 Å². The number of nitrogens with one attached hydrogen (secondary N) is 1. The highest BCUT2D eigenvalue weighted by molar-refractivity contribution is 6.05. The van der Waals surface area contributed by atoms with Crippen LogP contribution in [-0.2, 0) is 14.4 Å². The summed E-state index contributed by atoms with van der Waals surface area (Å²) >= 11 is 0. The standard InChI is InChI=1S/C22H32N2O3/c25-19(5-6-24-20(26)17-3-1-2-4-18(17)21(24)27)23-13-22-10-14-7-15(11-22)9-16(8-14)12-22/h14-18H,1-13H2,(H,23,25). The number of hydrogen-bond acceptors (Lipinski definition) is 3. The zero-order valence-electron chi connectivity index (χ0n) is 16.3. The zero-order chi connectivity index (χ0) is 18.6. The minimum atomic E-state index is -0.110. The average Bonchev–Trinajstić information content (AvgIpc) is 2.88. The fraction of sp³-hybridized carbons (Fsp3) is 0.864. The van der Waals surface area contributed by atoms with Crippen LogP contribution in [0.5, 0.6) is 0 Å². The molecule has 27 heavy (non-hydrogen) atoms. The Balaban J connectivity index is 1.13. The van der Waals surface area contributed by atoms with Gasteiger partial charge < -0.3 is 5.32 Å². The number of likely N-dealkylation sites (tertiary alicyclic amines) is 1. The summed E-state index contributed by atoms with van der Waals surface area (Å²) in [6, 6.07) is 0. The average molecular weight is 373 g/mol. The first-order valence-electron chi connectivity index (χ1n) is 11.1. The van der Waals surface area contributed by atoms with Gasteiger partial charge in [-0.2, -0.15) is 0 Å². The summed E-state index contributed by atoms with van der Waals surface area (Å²) in [7, 11) is 0. The molecule has 6 fully saturated rings. The van der Waals surface area contributed by atoms with Gasteiger partial charge in [0.25, 0.3) is 0 Å². The van der Waals surface area contributed by atoms with E-state index in [1.807, 2.05) is 0 Å². The fourth-order valence-corrected chi connectivity index (χ4v) is 7.55. The first-order valence-corrected chi connectivity index (χ1v) is 11.1. The maximum absolute atomic E-state index is 12.5. The van der Waals surface area contributed by atoms with Crippen LogP contribution in [0.4, 0.5) is 0 Å². The molecule has 5 saturated carbocycles. The third-order valence-electron chi connectivity index (χ3n) is 8.32. The third kappa shape index (κ3) is 3.11. The van der Waals surface area contributed by atoms with Crippen LogP contribution in [0.25, 0.3) is 0 Å². The van der Waals surface area contributed by atoms with Crippen molar-refractivity contribution in [1.29, 1.82) is 0 Å². The smallest absolute Gasteiger partial charge is 0.233 e. The van der Waals surface area contributed by atoms with Crippen LogP contribution in [0.3, 0.4) is 0 Å². The van der Waals surface area contributed by atoms with Crippen molar-refractivity contribution in [1.82, 2.24) is 10.2 Å². The number of rotatable bonds is 5. The van der Waals surface area contributed by atoms with Crippen molar-refractivity contribution in [3.63, 3.8) is 0 Å². The van der Waals surface area contributed by atoms with E-state index in [4.69, 9.17) is 0 Å². The van der Waals surface area contributed by atoms with Gasteiger partial charge in [-0.25, -0.2) is 0 Å². The quantitative estimate of drug-likeness (QED) is 0.755. The second kappa shape index (κ2) is 6.59. The van der Waals surface area contributed by atoms with Crippen molar-refractivity contribution in [2.45, 2.75) is 70.6 Å². The molecule has 6 rings (SSSR count). The number of hydrogen-bond donors (Lipinski definition) is 1. The predicted molar refractivity (Wildman–Crippen MR) is 100 cm³/mol. The van der Waals surface area contributed by atoms with Crippen LogP contribution in [0.1, 0.15) is 70.6 Å². The monoisotopic (exact) mass is 372 g/mol. The molecule has 1 heterocycles. The number of amides is 3. The Bertz CT molecular complexity index is 599. The minimum Gasteiger partial charge on any atom is -0.355 e. The van der Waals surface area contributed by atoms with Crippen molar-refractivity contribution >= 4 is 17.7 Å². The highest BCUT2D eigenvalue weighted by Gasteiger charge is 2.51. The zero-order valence-corrected chi connectivity index (χ0v) is 16.3. The molecule has 148 valence electrons. The molecule has 0 aromatic heterocycles. The summed E-state index contributed by atoms with van der Waals surface area (Å²) in [6.45, 7) is 1.06. The van der Waals surface area contributed by atoms with Crippen LogP contribution in [0, 0.1) is 35.0 Å². The molecular formula is C22H32N2O3. The second-order valence-corrected chi connectivity index (χ2v) is 10.3. The van der Waals surface area contributed by atoms with Gasteiger partial charge in [-0.05, 0) is 74.5 Å². The molecule has 1 N–H and O–H groups in total. The first-order chi connectivity index (χ1) is 13.0. The van der Waals surface area contributed by atoms with Gasteiger partial charge in [0.2, 0.25) is 17.7 Å². The molecule has 3 amide bonds. The minimum absolute atomic E-state index is 0.00113. The van der Waals surface area contributed by atoms with E-state index in [-0.39, 0.29) is 42.5 Å². The first kappa shape index (κ1) is 17.7. The van der Waals surface area contributed by atoms with Crippen LogP contribution < -0.4 is 5.32 Å². The summed E-state index contributed by atoms with van der Waals surface area (Å²) in [5.74, 6) is 2.38. The number of carbonyl (C=O) groups is 3. The molecule has 6 aliphatic rings. The second-order valence-electron chi connectivity index (χ2n) is 10.3. The normalized spacial score (nSPS) is 42.5. The van der Waals surface area contributed by atoms with Gasteiger partial charge in [0.05, 0.1) is 11.8 Å². The van der Waals surface area contributed by atoms with Crippen LogP contribution >= 0.6 is 0 Å². The van der Waals surface area contributed by atoms with E-state index in [0.29, 0.717) is 5.41 Å². The molecule has 1 saturated heterocycles. The molecule has 5 aliphatic carbocycles. The molecule has 0 spiro atoms. The van der Waals surface area contributed by atoms with Gasteiger partial charge in [0, 0.05) is 19.5 Å². The van der Waals surface area contributed by atoms with Crippen molar-refractivity contribution in [2.75, 3.05) is 13.1 Å². The molecule has 4 bridgehead atoms. The van der Waals surface area contributed by atoms with Gasteiger partial charge in [-0.1, -0.05) is 12.8 Å². The molecular weight excluding hydrogens is 340 g/mol. The molecule has 5 heteroatoms. The van der Waals surface area contributed by atoms with E-state index in [0.717, 1.165) is 50.0 Å².